The Bertz CT molecular complexity index is 1290. The van der Waals surface area contributed by atoms with Crippen LogP contribution >= 0.6 is 12.2 Å². The van der Waals surface area contributed by atoms with Gasteiger partial charge in [-0.2, -0.15) is 5.26 Å². The summed E-state index contributed by atoms with van der Waals surface area (Å²) in [7, 11) is 0. The van der Waals surface area contributed by atoms with Crippen molar-refractivity contribution in [3.05, 3.63) is 66.0 Å². The summed E-state index contributed by atoms with van der Waals surface area (Å²) in [5.41, 5.74) is 4.02. The summed E-state index contributed by atoms with van der Waals surface area (Å²) in [5, 5.41) is 12.2. The van der Waals surface area contributed by atoms with Gasteiger partial charge in [0.05, 0.1) is 11.0 Å². The molecule has 3 aliphatic rings. The van der Waals surface area contributed by atoms with E-state index in [9.17, 15) is 0 Å². The average molecular weight is 513 g/mol. The van der Waals surface area contributed by atoms with E-state index < -0.39 is 0 Å². The summed E-state index contributed by atoms with van der Waals surface area (Å²) in [4.78, 5) is 9.87. The number of rotatable bonds is 5. The number of likely N-dealkylation sites (tertiary alicyclic amines) is 1. The fraction of sp³-hybridized carbons (Fsp3) is 0.500. The standard InChI is InChI=1S/C30H36N6S/c1-22-33-27-9-5-6-10-28(27)36(22)26-19-24-11-12-25(20-26)35(24)18-15-30(23-7-3-2-4-8-23)13-16-34(17-14-30)29(37)32-21-31/h2-10,24-26H,11-20H2,1H3,(H,32,37)/t24-,25+,26?. The van der Waals surface area contributed by atoms with Crippen molar-refractivity contribution < 1.29 is 0 Å². The maximum absolute atomic E-state index is 8.99. The van der Waals surface area contributed by atoms with Gasteiger partial charge in [0, 0.05) is 31.2 Å². The third kappa shape index (κ3) is 4.51. The zero-order chi connectivity index (χ0) is 25.4. The minimum atomic E-state index is 0.160. The summed E-state index contributed by atoms with van der Waals surface area (Å²) < 4.78 is 2.53. The monoisotopic (exact) mass is 512 g/mol. The van der Waals surface area contributed by atoms with Gasteiger partial charge < -0.3 is 9.47 Å². The maximum atomic E-state index is 8.99. The summed E-state index contributed by atoms with van der Waals surface area (Å²) in [5.74, 6) is 1.15. The van der Waals surface area contributed by atoms with Crippen LogP contribution in [0.2, 0.25) is 0 Å². The highest BCUT2D eigenvalue weighted by Crippen LogP contribution is 2.45. The molecule has 0 aliphatic carbocycles. The van der Waals surface area contributed by atoms with Gasteiger partial charge in [-0.1, -0.05) is 42.5 Å². The molecule has 1 aromatic heterocycles. The molecule has 0 saturated carbocycles. The molecule has 7 heteroatoms. The van der Waals surface area contributed by atoms with Crippen LogP contribution in [0.1, 0.15) is 62.4 Å². The van der Waals surface area contributed by atoms with E-state index in [0.29, 0.717) is 23.2 Å². The van der Waals surface area contributed by atoms with Gasteiger partial charge >= 0.3 is 0 Å². The molecule has 4 heterocycles. The Kier molecular flexibility index (Phi) is 6.64. The number of hydrogen-bond acceptors (Lipinski definition) is 4. The molecule has 0 spiro atoms. The molecule has 3 aliphatic heterocycles. The third-order valence-electron chi connectivity index (χ3n) is 9.40. The van der Waals surface area contributed by atoms with Crippen molar-refractivity contribution in [3.63, 3.8) is 0 Å². The molecule has 3 saturated heterocycles. The molecule has 192 valence electrons. The molecule has 6 nitrogen and oxygen atoms in total. The van der Waals surface area contributed by atoms with Gasteiger partial charge in [-0.15, -0.1) is 0 Å². The number of benzene rings is 2. The van der Waals surface area contributed by atoms with E-state index in [1.165, 1.54) is 43.2 Å². The van der Waals surface area contributed by atoms with Crippen LogP contribution in [0.5, 0.6) is 0 Å². The molecule has 3 atom stereocenters. The van der Waals surface area contributed by atoms with Crippen LogP contribution in [-0.4, -0.2) is 56.2 Å². The minimum absolute atomic E-state index is 0.160. The Hall–Kier alpha value is -2.95. The summed E-state index contributed by atoms with van der Waals surface area (Å²) in [6.07, 6.45) is 10.4. The second-order valence-electron chi connectivity index (χ2n) is 11.2. The van der Waals surface area contributed by atoms with Gasteiger partial charge in [0.25, 0.3) is 0 Å². The highest BCUT2D eigenvalue weighted by molar-refractivity contribution is 7.80. The average Bonchev–Trinajstić information content (AvgIpc) is 3.39. The number of nitrogens with one attached hydrogen (secondary N) is 1. The van der Waals surface area contributed by atoms with Crippen molar-refractivity contribution in [2.45, 2.75) is 75.4 Å². The van der Waals surface area contributed by atoms with Crippen LogP contribution in [0.25, 0.3) is 11.0 Å². The molecule has 6 rings (SSSR count). The van der Waals surface area contributed by atoms with Gasteiger partial charge in [-0.3, -0.25) is 10.2 Å². The van der Waals surface area contributed by atoms with Crippen LogP contribution in [-0.2, 0) is 5.41 Å². The number of nitriles is 1. The Morgan fingerprint density at radius 2 is 1.70 bits per heavy atom. The van der Waals surface area contributed by atoms with E-state index in [1.54, 1.807) is 0 Å². The molecule has 1 unspecified atom stereocenters. The van der Waals surface area contributed by atoms with E-state index in [1.807, 2.05) is 6.19 Å². The molecule has 37 heavy (non-hydrogen) atoms. The van der Waals surface area contributed by atoms with Crippen LogP contribution in [0.3, 0.4) is 0 Å². The number of piperidine rings is 2. The van der Waals surface area contributed by atoms with Crippen LogP contribution < -0.4 is 5.32 Å². The van der Waals surface area contributed by atoms with Gasteiger partial charge in [0.1, 0.15) is 5.82 Å². The predicted molar refractivity (Wildman–Crippen MR) is 151 cm³/mol. The SMILES string of the molecule is Cc1nc2ccccc2n1C1C[C@H]2CC[C@@H](C1)N2CCC1(c2ccccc2)CCN(C(=S)NC#N)CC1. The highest BCUT2D eigenvalue weighted by atomic mass is 32.1. The molecular formula is C30H36N6S. The molecule has 3 aromatic rings. The quantitative estimate of drug-likeness (QED) is 0.285. The van der Waals surface area contributed by atoms with Gasteiger partial charge in [-0.25, -0.2) is 4.98 Å². The minimum Gasteiger partial charge on any atom is -0.348 e. The van der Waals surface area contributed by atoms with Crippen LogP contribution in [0.15, 0.2) is 54.6 Å². The first-order valence-electron chi connectivity index (χ1n) is 13.8. The zero-order valence-corrected chi connectivity index (χ0v) is 22.5. The number of thiocarbonyl (C=S) groups is 1. The number of hydrogen-bond donors (Lipinski definition) is 1. The smallest absolute Gasteiger partial charge is 0.183 e. The Balaban J connectivity index is 1.17. The zero-order valence-electron chi connectivity index (χ0n) is 21.6. The van der Waals surface area contributed by atoms with E-state index in [4.69, 9.17) is 22.5 Å². The lowest BCUT2D eigenvalue weighted by atomic mass is 9.70. The first kappa shape index (κ1) is 24.4. The van der Waals surface area contributed by atoms with Crippen molar-refractivity contribution in [2.75, 3.05) is 19.6 Å². The van der Waals surface area contributed by atoms with Crippen LogP contribution in [0, 0.1) is 18.4 Å². The van der Waals surface area contributed by atoms with E-state index in [0.717, 1.165) is 43.8 Å². The first-order chi connectivity index (χ1) is 18.1. The highest BCUT2D eigenvalue weighted by Gasteiger charge is 2.44. The topological polar surface area (TPSA) is 60.1 Å². The fourth-order valence-electron chi connectivity index (χ4n) is 7.53. The Morgan fingerprint density at radius 3 is 2.41 bits per heavy atom. The molecule has 3 fully saturated rings. The van der Waals surface area contributed by atoms with Crippen molar-refractivity contribution in [1.82, 2.24) is 24.7 Å². The lowest BCUT2D eigenvalue weighted by molar-refractivity contribution is 0.0888. The van der Waals surface area contributed by atoms with Crippen molar-refractivity contribution >= 4 is 28.4 Å². The lowest BCUT2D eigenvalue weighted by Crippen LogP contribution is -2.50. The number of para-hydroxylation sites is 2. The van der Waals surface area contributed by atoms with Gasteiger partial charge in [0.2, 0.25) is 0 Å². The van der Waals surface area contributed by atoms with Crippen molar-refractivity contribution in [2.24, 2.45) is 0 Å². The summed E-state index contributed by atoms with van der Waals surface area (Å²) in [6.45, 7) is 5.11. The summed E-state index contributed by atoms with van der Waals surface area (Å²) in [6, 6.07) is 21.6. The van der Waals surface area contributed by atoms with Crippen molar-refractivity contribution in [1.29, 1.82) is 5.26 Å². The van der Waals surface area contributed by atoms with E-state index in [-0.39, 0.29) is 5.41 Å². The molecule has 1 N–H and O–H groups in total. The number of aromatic nitrogens is 2. The second-order valence-corrected chi connectivity index (χ2v) is 11.6. The van der Waals surface area contributed by atoms with Gasteiger partial charge in [0.15, 0.2) is 11.3 Å². The Morgan fingerprint density at radius 1 is 1.03 bits per heavy atom. The number of fused-ring (bicyclic) bond motifs is 3. The molecule has 0 radical (unpaired) electrons. The number of nitrogens with zero attached hydrogens (tertiary/aromatic N) is 5. The molecular weight excluding hydrogens is 476 g/mol. The predicted octanol–water partition coefficient (Wildman–Crippen LogP) is 5.29. The number of imidazole rings is 1. The maximum Gasteiger partial charge on any atom is 0.183 e. The Labute approximate surface area is 225 Å². The van der Waals surface area contributed by atoms with Gasteiger partial charge in [-0.05, 0) is 93.7 Å². The van der Waals surface area contributed by atoms with E-state index in [2.05, 4.69) is 81.2 Å². The molecule has 2 aromatic carbocycles. The largest absolute Gasteiger partial charge is 0.348 e. The number of aryl methyl sites for hydroxylation is 1. The third-order valence-corrected chi connectivity index (χ3v) is 9.76. The first-order valence-corrected chi connectivity index (χ1v) is 14.2. The molecule has 0 amide bonds. The van der Waals surface area contributed by atoms with E-state index >= 15 is 0 Å². The summed E-state index contributed by atoms with van der Waals surface area (Å²) >= 11 is 5.43. The molecule has 2 bridgehead atoms. The van der Waals surface area contributed by atoms with Crippen molar-refractivity contribution in [3.8, 4) is 6.19 Å². The fourth-order valence-corrected chi connectivity index (χ4v) is 7.76. The lowest BCUT2D eigenvalue weighted by Gasteiger charge is -2.46. The second kappa shape index (κ2) is 10.1. The van der Waals surface area contributed by atoms with Crippen LogP contribution in [0.4, 0.5) is 0 Å². The normalized spacial score (nSPS) is 25.2.